The van der Waals surface area contributed by atoms with Gasteiger partial charge in [0.1, 0.15) is 0 Å². The van der Waals surface area contributed by atoms with Gasteiger partial charge in [-0.15, -0.1) is 0 Å². The van der Waals surface area contributed by atoms with Crippen molar-refractivity contribution in [2.45, 2.75) is 25.8 Å². The summed E-state index contributed by atoms with van der Waals surface area (Å²) in [6.45, 7) is 2.23. The fourth-order valence-electron chi connectivity index (χ4n) is 1.37. The van der Waals surface area contributed by atoms with Crippen molar-refractivity contribution in [3.63, 3.8) is 0 Å². The van der Waals surface area contributed by atoms with Crippen LogP contribution in [0.25, 0.3) is 0 Å². The van der Waals surface area contributed by atoms with Gasteiger partial charge in [-0.25, -0.2) is 5.01 Å². The molecular weight excluding hydrogens is 124 g/mol. The molecule has 0 radical (unpaired) electrons. The summed E-state index contributed by atoms with van der Waals surface area (Å²) >= 11 is 0. The molecule has 1 atom stereocenters. The zero-order chi connectivity index (χ0) is 7.56. The Morgan fingerprint density at radius 2 is 2.30 bits per heavy atom. The van der Waals surface area contributed by atoms with Crippen molar-refractivity contribution < 1.29 is 0 Å². The van der Waals surface area contributed by atoms with Crippen molar-refractivity contribution in [3.8, 4) is 0 Å². The van der Waals surface area contributed by atoms with Gasteiger partial charge >= 0.3 is 0 Å². The topological polar surface area (TPSA) is 6.48 Å². The molecule has 0 amide bonds. The maximum atomic E-state index is 2.28. The highest BCUT2D eigenvalue weighted by molar-refractivity contribution is 4.95. The maximum absolute atomic E-state index is 2.28. The number of nitrogens with zero attached hydrogens (tertiary/aromatic N) is 2. The van der Waals surface area contributed by atoms with E-state index in [-0.39, 0.29) is 0 Å². The maximum Gasteiger partial charge on any atom is 0.0482 e. The molecule has 2 heteroatoms. The molecule has 0 unspecified atom stereocenters. The van der Waals surface area contributed by atoms with Crippen LogP contribution in [-0.2, 0) is 0 Å². The highest BCUT2D eigenvalue weighted by Crippen LogP contribution is 2.17. The Bertz CT molecular complexity index is 129. The highest BCUT2D eigenvalue weighted by Gasteiger charge is 2.17. The van der Waals surface area contributed by atoms with Crippen molar-refractivity contribution in [2.75, 3.05) is 14.1 Å². The Hall–Kier alpha value is -0.500. The highest BCUT2D eigenvalue weighted by atomic mass is 15.6. The number of hydrazine groups is 1. The second-order valence-electron chi connectivity index (χ2n) is 2.91. The van der Waals surface area contributed by atoms with Crippen LogP contribution in [-0.4, -0.2) is 30.2 Å². The summed E-state index contributed by atoms with van der Waals surface area (Å²) < 4.78 is 0. The summed E-state index contributed by atoms with van der Waals surface area (Å²) in [6.07, 6.45) is 6.82. The minimum atomic E-state index is 0.704. The summed E-state index contributed by atoms with van der Waals surface area (Å²) in [5.74, 6) is 0. The molecule has 1 rings (SSSR count). The Morgan fingerprint density at radius 1 is 1.60 bits per heavy atom. The normalized spacial score (nSPS) is 24.8. The molecule has 58 valence electrons. The number of hydrogen-bond acceptors (Lipinski definition) is 2. The zero-order valence-corrected chi connectivity index (χ0v) is 7.04. The van der Waals surface area contributed by atoms with Crippen molar-refractivity contribution >= 4 is 0 Å². The SMILES string of the molecule is CC[C@@H]1CC=CN1N(C)C. The molecule has 0 saturated heterocycles. The predicted octanol–water partition coefficient (Wildman–Crippen LogP) is 1.46. The molecule has 0 aromatic rings. The summed E-state index contributed by atoms with van der Waals surface area (Å²) in [4.78, 5) is 0. The van der Waals surface area contributed by atoms with Gasteiger partial charge in [0, 0.05) is 26.3 Å². The molecular formula is C8H16N2. The van der Waals surface area contributed by atoms with Crippen LogP contribution in [0.1, 0.15) is 19.8 Å². The molecule has 0 saturated carbocycles. The summed E-state index contributed by atoms with van der Waals surface area (Å²) in [7, 11) is 4.16. The molecule has 0 fully saturated rings. The first-order valence-corrected chi connectivity index (χ1v) is 3.88. The fourth-order valence-corrected chi connectivity index (χ4v) is 1.37. The van der Waals surface area contributed by atoms with Crippen LogP contribution in [0.15, 0.2) is 12.3 Å². The van der Waals surface area contributed by atoms with Gasteiger partial charge in [0.2, 0.25) is 0 Å². The Kier molecular flexibility index (Phi) is 2.33. The lowest BCUT2D eigenvalue weighted by Gasteiger charge is -2.30. The first-order valence-electron chi connectivity index (χ1n) is 3.88. The van der Waals surface area contributed by atoms with E-state index in [4.69, 9.17) is 0 Å². The lowest BCUT2D eigenvalue weighted by atomic mass is 10.2. The van der Waals surface area contributed by atoms with E-state index in [1.807, 2.05) is 0 Å². The van der Waals surface area contributed by atoms with Crippen molar-refractivity contribution in [3.05, 3.63) is 12.3 Å². The number of rotatable bonds is 2. The third-order valence-electron chi connectivity index (χ3n) is 1.97. The molecule has 0 bridgehead atoms. The van der Waals surface area contributed by atoms with E-state index < -0.39 is 0 Å². The van der Waals surface area contributed by atoms with Gasteiger partial charge in [-0.2, -0.15) is 0 Å². The van der Waals surface area contributed by atoms with Crippen LogP contribution in [0.2, 0.25) is 0 Å². The van der Waals surface area contributed by atoms with Gasteiger partial charge < -0.3 is 5.01 Å². The minimum absolute atomic E-state index is 0.704. The van der Waals surface area contributed by atoms with Crippen LogP contribution < -0.4 is 0 Å². The second-order valence-corrected chi connectivity index (χ2v) is 2.91. The first kappa shape index (κ1) is 7.61. The largest absolute Gasteiger partial charge is 0.311 e. The molecule has 2 nitrogen and oxygen atoms in total. The van der Waals surface area contributed by atoms with E-state index in [1.165, 1.54) is 12.8 Å². The molecule has 0 spiro atoms. The fraction of sp³-hybridized carbons (Fsp3) is 0.750. The predicted molar refractivity (Wildman–Crippen MR) is 43.4 cm³/mol. The molecule has 1 aliphatic heterocycles. The summed E-state index contributed by atoms with van der Waals surface area (Å²) in [5.41, 5.74) is 0. The molecule has 1 heterocycles. The van der Waals surface area contributed by atoms with Gasteiger partial charge in [-0.05, 0) is 12.8 Å². The van der Waals surface area contributed by atoms with E-state index >= 15 is 0 Å². The minimum Gasteiger partial charge on any atom is -0.311 e. The van der Waals surface area contributed by atoms with Gasteiger partial charge in [-0.3, -0.25) is 0 Å². The van der Waals surface area contributed by atoms with Gasteiger partial charge in [-0.1, -0.05) is 13.0 Å². The van der Waals surface area contributed by atoms with Crippen LogP contribution >= 0.6 is 0 Å². The third kappa shape index (κ3) is 1.32. The van der Waals surface area contributed by atoms with Gasteiger partial charge in [0.25, 0.3) is 0 Å². The second kappa shape index (κ2) is 3.06. The van der Waals surface area contributed by atoms with Crippen molar-refractivity contribution in [1.29, 1.82) is 0 Å². The van der Waals surface area contributed by atoms with E-state index in [0.717, 1.165) is 0 Å². The van der Waals surface area contributed by atoms with E-state index in [0.29, 0.717) is 6.04 Å². The average molecular weight is 140 g/mol. The summed E-state index contributed by atoms with van der Waals surface area (Å²) in [6, 6.07) is 0.704. The van der Waals surface area contributed by atoms with E-state index in [1.54, 1.807) is 0 Å². The Morgan fingerprint density at radius 3 is 2.70 bits per heavy atom. The lowest BCUT2D eigenvalue weighted by molar-refractivity contribution is 0.0460. The molecule has 0 N–H and O–H groups in total. The van der Waals surface area contributed by atoms with Gasteiger partial charge in [0.05, 0.1) is 0 Å². The monoisotopic (exact) mass is 140 g/mol. The van der Waals surface area contributed by atoms with E-state index in [9.17, 15) is 0 Å². The van der Waals surface area contributed by atoms with E-state index in [2.05, 4.69) is 43.3 Å². The standard InChI is InChI=1S/C8H16N2/c1-4-8-6-5-7-10(8)9(2)3/h5,7-8H,4,6H2,1-3H3/t8-/m1/s1. The zero-order valence-electron chi connectivity index (χ0n) is 7.04. The third-order valence-corrected chi connectivity index (χ3v) is 1.97. The van der Waals surface area contributed by atoms with Crippen LogP contribution in [0, 0.1) is 0 Å². The smallest absolute Gasteiger partial charge is 0.0482 e. The lowest BCUT2D eigenvalue weighted by Crippen LogP contribution is -2.37. The Labute approximate surface area is 63.1 Å². The summed E-state index contributed by atoms with van der Waals surface area (Å²) in [5, 5.41) is 4.41. The molecule has 10 heavy (non-hydrogen) atoms. The van der Waals surface area contributed by atoms with Crippen LogP contribution in [0.4, 0.5) is 0 Å². The quantitative estimate of drug-likeness (QED) is 0.573. The van der Waals surface area contributed by atoms with Crippen molar-refractivity contribution in [1.82, 2.24) is 10.0 Å². The molecule has 0 aromatic carbocycles. The first-order chi connectivity index (χ1) is 4.75. The molecule has 1 aliphatic rings. The van der Waals surface area contributed by atoms with Gasteiger partial charge in [0.15, 0.2) is 0 Å². The average Bonchev–Trinajstić information content (AvgIpc) is 2.33. The number of hydrogen-bond donors (Lipinski definition) is 0. The van der Waals surface area contributed by atoms with Crippen molar-refractivity contribution in [2.24, 2.45) is 0 Å². The molecule has 0 aliphatic carbocycles. The van der Waals surface area contributed by atoms with Crippen LogP contribution in [0.3, 0.4) is 0 Å². The molecule has 0 aromatic heterocycles. The van der Waals surface area contributed by atoms with Crippen LogP contribution in [0.5, 0.6) is 0 Å². The Balaban J connectivity index is 2.49.